The molecule has 2 amide bonds. The summed E-state index contributed by atoms with van der Waals surface area (Å²) in [6.45, 7) is 0.345. The lowest BCUT2D eigenvalue weighted by Gasteiger charge is -2.15. The van der Waals surface area contributed by atoms with Crippen LogP contribution in [0.1, 0.15) is 29.1 Å². The lowest BCUT2D eigenvalue weighted by atomic mass is 10.2. The van der Waals surface area contributed by atoms with Gasteiger partial charge in [-0.25, -0.2) is 5.84 Å². The molecule has 2 heterocycles. The van der Waals surface area contributed by atoms with Gasteiger partial charge in [0.2, 0.25) is 11.0 Å². The van der Waals surface area contributed by atoms with Crippen LogP contribution in [-0.4, -0.2) is 44.9 Å². The third kappa shape index (κ3) is 11.0. The number of halogens is 3. The number of aromatic nitrogens is 3. The van der Waals surface area contributed by atoms with E-state index in [2.05, 4.69) is 30.6 Å². The van der Waals surface area contributed by atoms with Crippen molar-refractivity contribution in [2.45, 2.75) is 38.6 Å². The monoisotopic (exact) mass is 564 g/mol. The molecular weight excluding hydrogens is 537 g/mol. The number of hydrogen-bond donors (Lipinski definition) is 4. The Morgan fingerprint density at radius 3 is 2.69 bits per heavy atom. The molecule has 0 aliphatic rings. The van der Waals surface area contributed by atoms with Crippen molar-refractivity contribution < 1.29 is 27.5 Å². The number of hydrazine groups is 1. The van der Waals surface area contributed by atoms with Gasteiger partial charge in [0.05, 0.1) is 6.42 Å². The number of anilines is 1. The van der Waals surface area contributed by atoms with Crippen molar-refractivity contribution in [3.05, 3.63) is 76.8 Å². The third-order valence-corrected chi connectivity index (χ3v) is 5.89. The Balaban J connectivity index is 1.35. The van der Waals surface area contributed by atoms with Crippen LogP contribution < -0.4 is 26.9 Å². The molecule has 0 atom stereocenters. The first-order chi connectivity index (χ1) is 18.6. The second-order valence-corrected chi connectivity index (χ2v) is 9.27. The molecule has 3 aromatic rings. The molecule has 0 fully saturated rings. The van der Waals surface area contributed by atoms with Gasteiger partial charge in [0.15, 0.2) is 0 Å². The zero-order valence-corrected chi connectivity index (χ0v) is 21.5. The van der Waals surface area contributed by atoms with Crippen LogP contribution in [0.15, 0.2) is 60.6 Å². The first-order valence-corrected chi connectivity index (χ1v) is 12.5. The molecule has 208 valence electrons. The first kappa shape index (κ1) is 29.3. The van der Waals surface area contributed by atoms with E-state index in [9.17, 15) is 22.8 Å². The Morgan fingerprint density at radius 1 is 1.13 bits per heavy atom. The Labute approximate surface area is 226 Å². The average molecular weight is 565 g/mol. The van der Waals surface area contributed by atoms with Gasteiger partial charge in [-0.05, 0) is 42.7 Å². The summed E-state index contributed by atoms with van der Waals surface area (Å²) in [6, 6.07) is 10.6. The largest absolute Gasteiger partial charge is 0.573 e. The summed E-state index contributed by atoms with van der Waals surface area (Å²) in [5.74, 6) is 4.65. The molecule has 0 aliphatic heterocycles. The minimum absolute atomic E-state index is 0.0551. The van der Waals surface area contributed by atoms with Crippen LogP contribution in [0.2, 0.25) is 0 Å². The van der Waals surface area contributed by atoms with E-state index in [-0.39, 0.29) is 30.3 Å². The predicted octanol–water partition coefficient (Wildman–Crippen LogP) is 2.63. The van der Waals surface area contributed by atoms with Crippen molar-refractivity contribution >= 4 is 28.3 Å². The van der Waals surface area contributed by atoms with Gasteiger partial charge in [0, 0.05) is 37.6 Å². The molecule has 11 nitrogen and oxygen atoms in total. The number of hydrogen-bond acceptors (Lipinski definition) is 10. The SMILES string of the molecule is N/C(=C\N(N)CCCCc1nnc(NC(=O)Cc2ccccn2)s1)C(=O)NCc1cccc(OC(F)(F)F)c1. The Hall–Kier alpha value is -4.24. The van der Waals surface area contributed by atoms with E-state index in [1.54, 1.807) is 18.3 Å². The van der Waals surface area contributed by atoms with E-state index in [4.69, 9.17) is 11.6 Å². The average Bonchev–Trinajstić information content (AvgIpc) is 3.31. The Kier molecular flexibility index (Phi) is 10.6. The third-order valence-electron chi connectivity index (χ3n) is 4.99. The van der Waals surface area contributed by atoms with E-state index in [0.29, 0.717) is 35.8 Å². The fraction of sp³-hybridized carbons (Fsp3) is 0.292. The molecule has 6 N–H and O–H groups in total. The second-order valence-electron chi connectivity index (χ2n) is 8.20. The minimum Gasteiger partial charge on any atom is -0.406 e. The highest BCUT2D eigenvalue weighted by molar-refractivity contribution is 7.15. The number of amides is 2. The number of alkyl halides is 3. The minimum atomic E-state index is -4.81. The van der Waals surface area contributed by atoms with E-state index in [0.717, 1.165) is 17.5 Å². The molecule has 0 spiro atoms. The molecule has 0 aliphatic carbocycles. The molecule has 1 aromatic carbocycles. The molecule has 0 radical (unpaired) electrons. The van der Waals surface area contributed by atoms with Gasteiger partial charge in [-0.1, -0.05) is 29.5 Å². The van der Waals surface area contributed by atoms with Crippen LogP contribution in [0.3, 0.4) is 0 Å². The number of rotatable bonds is 13. The first-order valence-electron chi connectivity index (χ1n) is 11.7. The summed E-state index contributed by atoms with van der Waals surface area (Å²) in [5, 5.41) is 15.7. The zero-order chi connectivity index (χ0) is 28.3. The van der Waals surface area contributed by atoms with Crippen LogP contribution >= 0.6 is 11.3 Å². The molecule has 39 heavy (non-hydrogen) atoms. The lowest BCUT2D eigenvalue weighted by Crippen LogP contribution is -2.33. The number of benzene rings is 1. The van der Waals surface area contributed by atoms with Gasteiger partial charge >= 0.3 is 6.36 Å². The number of nitrogens with one attached hydrogen (secondary N) is 2. The van der Waals surface area contributed by atoms with Crippen LogP contribution in [0.4, 0.5) is 18.3 Å². The van der Waals surface area contributed by atoms with Gasteiger partial charge in [-0.15, -0.1) is 23.4 Å². The highest BCUT2D eigenvalue weighted by Crippen LogP contribution is 2.23. The van der Waals surface area contributed by atoms with Crippen molar-refractivity contribution in [1.82, 2.24) is 25.5 Å². The van der Waals surface area contributed by atoms with Crippen molar-refractivity contribution in [2.75, 3.05) is 11.9 Å². The molecule has 15 heteroatoms. The molecular formula is C24H27F3N8O3S. The quantitative estimate of drug-likeness (QED) is 0.106. The van der Waals surface area contributed by atoms with Gasteiger partial charge in [-0.3, -0.25) is 14.6 Å². The smallest absolute Gasteiger partial charge is 0.406 e. The number of carbonyl (C=O) groups excluding carboxylic acids is 2. The standard InChI is InChI=1S/C24H27F3N8O3S/c25-24(26,27)38-18-8-5-6-16(12-18)14-31-22(37)19(28)15-35(29)11-4-2-9-21-33-34-23(39-21)32-20(36)13-17-7-1-3-10-30-17/h1,3,5-8,10,12,15H,2,4,9,11,13-14,28-29H2,(H,31,37)(H,32,34,36)/b19-15-. The van der Waals surface area contributed by atoms with Crippen molar-refractivity contribution in [3.63, 3.8) is 0 Å². The zero-order valence-electron chi connectivity index (χ0n) is 20.6. The number of pyridine rings is 1. The maximum absolute atomic E-state index is 12.4. The lowest BCUT2D eigenvalue weighted by molar-refractivity contribution is -0.274. The predicted molar refractivity (Wildman–Crippen MR) is 138 cm³/mol. The van der Waals surface area contributed by atoms with Crippen LogP contribution in [-0.2, 0) is 29.0 Å². The van der Waals surface area contributed by atoms with Crippen molar-refractivity contribution in [3.8, 4) is 5.75 Å². The second kappa shape index (κ2) is 14.1. The van der Waals surface area contributed by atoms with Gasteiger partial charge in [0.25, 0.3) is 5.91 Å². The highest BCUT2D eigenvalue weighted by Gasteiger charge is 2.31. The molecule has 2 aromatic heterocycles. The topological polar surface area (TPSA) is 161 Å². The number of unbranched alkanes of at least 4 members (excludes halogenated alkanes) is 1. The summed E-state index contributed by atoms with van der Waals surface area (Å²) in [5.41, 5.74) is 6.68. The molecule has 3 rings (SSSR count). The van der Waals surface area contributed by atoms with Crippen LogP contribution in [0.25, 0.3) is 0 Å². The maximum Gasteiger partial charge on any atom is 0.573 e. The summed E-state index contributed by atoms with van der Waals surface area (Å²) in [6.07, 6.45) is 0.239. The van der Waals surface area contributed by atoms with E-state index >= 15 is 0 Å². The van der Waals surface area contributed by atoms with Crippen molar-refractivity contribution in [1.29, 1.82) is 0 Å². The van der Waals surface area contributed by atoms with Gasteiger partial charge < -0.3 is 26.1 Å². The van der Waals surface area contributed by atoms with E-state index in [1.807, 2.05) is 6.07 Å². The Morgan fingerprint density at radius 2 is 1.95 bits per heavy atom. The fourth-order valence-electron chi connectivity index (χ4n) is 3.25. The number of nitrogens with two attached hydrogens (primary N) is 2. The molecule has 0 bridgehead atoms. The molecule has 0 unspecified atom stereocenters. The molecule has 0 saturated heterocycles. The normalized spacial score (nSPS) is 11.6. The summed E-state index contributed by atoms with van der Waals surface area (Å²) < 4.78 is 41.0. The summed E-state index contributed by atoms with van der Waals surface area (Å²) in [7, 11) is 0. The maximum atomic E-state index is 12.4. The summed E-state index contributed by atoms with van der Waals surface area (Å²) in [4.78, 5) is 28.4. The highest BCUT2D eigenvalue weighted by atomic mass is 32.1. The number of nitrogens with zero attached hydrogens (tertiary/aromatic N) is 4. The van der Waals surface area contributed by atoms with Crippen LogP contribution in [0, 0.1) is 0 Å². The van der Waals surface area contributed by atoms with Gasteiger partial charge in [-0.2, -0.15) is 0 Å². The van der Waals surface area contributed by atoms with E-state index < -0.39 is 12.3 Å². The summed E-state index contributed by atoms with van der Waals surface area (Å²) >= 11 is 1.28. The van der Waals surface area contributed by atoms with Gasteiger partial charge in [0.1, 0.15) is 16.5 Å². The Bertz CT molecular complexity index is 1270. The fourth-order valence-corrected chi connectivity index (χ4v) is 4.04. The van der Waals surface area contributed by atoms with Crippen molar-refractivity contribution in [2.24, 2.45) is 11.6 Å². The number of aryl methyl sites for hydroxylation is 1. The number of ether oxygens (including phenoxy) is 1. The molecule has 0 saturated carbocycles. The van der Waals surface area contributed by atoms with Crippen LogP contribution in [0.5, 0.6) is 5.75 Å². The van der Waals surface area contributed by atoms with E-state index in [1.165, 1.54) is 40.7 Å². The number of carbonyl (C=O) groups is 2.